The van der Waals surface area contributed by atoms with Crippen LogP contribution in [0.2, 0.25) is 0 Å². The molecule has 0 radical (unpaired) electrons. The van der Waals surface area contributed by atoms with Crippen molar-refractivity contribution in [3.8, 4) is 0 Å². The highest BCUT2D eigenvalue weighted by molar-refractivity contribution is 7.17. The van der Waals surface area contributed by atoms with E-state index in [1.807, 2.05) is 12.1 Å². The van der Waals surface area contributed by atoms with E-state index in [9.17, 15) is 4.79 Å². The molecule has 0 aliphatic carbocycles. The average molecular weight is 249 g/mol. The van der Waals surface area contributed by atoms with E-state index >= 15 is 0 Å². The van der Waals surface area contributed by atoms with Gasteiger partial charge in [0.05, 0.1) is 24.7 Å². The maximum atomic E-state index is 11.4. The molecule has 0 saturated heterocycles. The summed E-state index contributed by atoms with van der Waals surface area (Å²) in [6.07, 6.45) is 3.38. The molecular formula is C11H11N3O2S. The predicted octanol–water partition coefficient (Wildman–Crippen LogP) is 2.38. The van der Waals surface area contributed by atoms with Gasteiger partial charge in [0.2, 0.25) is 0 Å². The third kappa shape index (κ3) is 2.59. The molecule has 1 N–H and O–H groups in total. The van der Waals surface area contributed by atoms with Crippen LogP contribution in [0.25, 0.3) is 0 Å². The number of esters is 1. The molecule has 0 aliphatic rings. The summed E-state index contributed by atoms with van der Waals surface area (Å²) in [7, 11) is 1.36. The van der Waals surface area contributed by atoms with Crippen molar-refractivity contribution >= 4 is 28.1 Å². The first kappa shape index (κ1) is 11.5. The molecule has 17 heavy (non-hydrogen) atoms. The van der Waals surface area contributed by atoms with Gasteiger partial charge in [-0.2, -0.15) is 0 Å². The van der Waals surface area contributed by atoms with Gasteiger partial charge in [0, 0.05) is 6.20 Å². The number of methoxy groups -OCH3 is 1. The Hall–Kier alpha value is -1.95. The van der Waals surface area contributed by atoms with Crippen molar-refractivity contribution in [3.63, 3.8) is 0 Å². The van der Waals surface area contributed by atoms with E-state index in [-0.39, 0.29) is 5.97 Å². The molecule has 0 aliphatic heterocycles. The van der Waals surface area contributed by atoms with Crippen LogP contribution in [0.3, 0.4) is 0 Å². The van der Waals surface area contributed by atoms with Crippen molar-refractivity contribution in [1.82, 2.24) is 9.97 Å². The minimum absolute atomic E-state index is 0.362. The maximum absolute atomic E-state index is 11.4. The number of aryl methyl sites for hydroxylation is 1. The minimum atomic E-state index is -0.362. The van der Waals surface area contributed by atoms with E-state index in [1.165, 1.54) is 18.4 Å². The Balaban J connectivity index is 2.21. The number of carbonyl (C=O) groups excluding carboxylic acids is 1. The number of thiazole rings is 1. The number of ether oxygens (including phenoxy) is 1. The second-order valence-corrected chi connectivity index (χ2v) is 4.29. The number of hydrogen-bond donors (Lipinski definition) is 1. The summed E-state index contributed by atoms with van der Waals surface area (Å²) in [5.74, 6) is -0.362. The summed E-state index contributed by atoms with van der Waals surface area (Å²) in [6, 6.07) is 3.70. The third-order valence-corrected chi connectivity index (χ3v) is 3.13. The van der Waals surface area contributed by atoms with E-state index in [2.05, 4.69) is 20.0 Å². The van der Waals surface area contributed by atoms with Crippen molar-refractivity contribution in [2.75, 3.05) is 12.4 Å². The van der Waals surface area contributed by atoms with Crippen LogP contribution in [-0.2, 0) is 4.74 Å². The number of carbonyl (C=O) groups is 1. The SMILES string of the molecule is COC(=O)c1sc(Nc2cccnc2)nc1C. The molecule has 2 rings (SSSR count). The van der Waals surface area contributed by atoms with Crippen molar-refractivity contribution in [1.29, 1.82) is 0 Å². The Bertz CT molecular complexity index is 525. The summed E-state index contributed by atoms with van der Waals surface area (Å²) >= 11 is 1.26. The van der Waals surface area contributed by atoms with Crippen LogP contribution in [0.1, 0.15) is 15.4 Å². The van der Waals surface area contributed by atoms with Gasteiger partial charge in [-0.15, -0.1) is 0 Å². The Morgan fingerprint density at radius 1 is 1.53 bits per heavy atom. The van der Waals surface area contributed by atoms with Gasteiger partial charge in [0.25, 0.3) is 0 Å². The Kier molecular flexibility index (Phi) is 3.34. The van der Waals surface area contributed by atoms with Crippen molar-refractivity contribution < 1.29 is 9.53 Å². The Morgan fingerprint density at radius 3 is 3.00 bits per heavy atom. The quantitative estimate of drug-likeness (QED) is 0.846. The molecule has 0 spiro atoms. The van der Waals surface area contributed by atoms with Crippen LogP contribution in [0, 0.1) is 6.92 Å². The lowest BCUT2D eigenvalue weighted by Crippen LogP contribution is -1.99. The summed E-state index contributed by atoms with van der Waals surface area (Å²) in [4.78, 5) is 20.2. The minimum Gasteiger partial charge on any atom is -0.465 e. The van der Waals surface area contributed by atoms with Gasteiger partial charge < -0.3 is 10.1 Å². The summed E-state index contributed by atoms with van der Waals surface area (Å²) in [5, 5.41) is 3.73. The molecule has 0 bridgehead atoms. The highest BCUT2D eigenvalue weighted by Gasteiger charge is 2.15. The number of hydrogen-bond acceptors (Lipinski definition) is 6. The number of pyridine rings is 1. The summed E-state index contributed by atoms with van der Waals surface area (Å²) < 4.78 is 4.67. The van der Waals surface area contributed by atoms with E-state index in [0.29, 0.717) is 15.7 Å². The second kappa shape index (κ2) is 4.92. The summed E-state index contributed by atoms with van der Waals surface area (Å²) in [6.45, 7) is 1.77. The zero-order valence-corrected chi connectivity index (χ0v) is 10.2. The lowest BCUT2D eigenvalue weighted by Gasteiger charge is -1.99. The normalized spacial score (nSPS) is 10.0. The predicted molar refractivity (Wildman–Crippen MR) is 65.7 cm³/mol. The van der Waals surface area contributed by atoms with Gasteiger partial charge in [0.1, 0.15) is 4.88 Å². The van der Waals surface area contributed by atoms with Crippen LogP contribution in [0.5, 0.6) is 0 Å². The van der Waals surface area contributed by atoms with Crippen LogP contribution in [0.4, 0.5) is 10.8 Å². The second-order valence-electron chi connectivity index (χ2n) is 3.29. The van der Waals surface area contributed by atoms with Gasteiger partial charge in [-0.1, -0.05) is 11.3 Å². The van der Waals surface area contributed by atoms with E-state index in [4.69, 9.17) is 0 Å². The number of nitrogens with one attached hydrogen (secondary N) is 1. The molecule has 0 fully saturated rings. The fourth-order valence-corrected chi connectivity index (χ4v) is 2.20. The van der Waals surface area contributed by atoms with Crippen molar-refractivity contribution in [2.24, 2.45) is 0 Å². The topological polar surface area (TPSA) is 64.1 Å². The zero-order valence-electron chi connectivity index (χ0n) is 9.43. The van der Waals surface area contributed by atoms with Gasteiger partial charge in [0.15, 0.2) is 5.13 Å². The molecule has 2 heterocycles. The first-order valence-electron chi connectivity index (χ1n) is 4.93. The molecule has 88 valence electrons. The molecule has 5 nitrogen and oxygen atoms in total. The molecule has 0 atom stereocenters. The number of nitrogens with zero attached hydrogens (tertiary/aromatic N) is 2. The van der Waals surface area contributed by atoms with Gasteiger partial charge in [-0.3, -0.25) is 4.98 Å². The van der Waals surface area contributed by atoms with E-state index in [1.54, 1.807) is 19.3 Å². The number of rotatable bonds is 3. The highest BCUT2D eigenvalue weighted by atomic mass is 32.1. The Labute approximate surface area is 102 Å². The molecule has 0 amide bonds. The molecule has 0 aromatic carbocycles. The fraction of sp³-hybridized carbons (Fsp3) is 0.182. The average Bonchev–Trinajstić information content (AvgIpc) is 2.70. The van der Waals surface area contributed by atoms with Crippen LogP contribution in [0.15, 0.2) is 24.5 Å². The molecule has 2 aromatic rings. The van der Waals surface area contributed by atoms with Crippen molar-refractivity contribution in [3.05, 3.63) is 35.1 Å². The first-order chi connectivity index (χ1) is 8.20. The lowest BCUT2D eigenvalue weighted by atomic mass is 10.4. The first-order valence-corrected chi connectivity index (χ1v) is 5.75. The maximum Gasteiger partial charge on any atom is 0.350 e. The van der Waals surface area contributed by atoms with E-state index in [0.717, 1.165) is 5.69 Å². The monoisotopic (exact) mass is 249 g/mol. The van der Waals surface area contributed by atoms with Gasteiger partial charge in [-0.05, 0) is 19.1 Å². The molecular weight excluding hydrogens is 238 g/mol. The van der Waals surface area contributed by atoms with Crippen LogP contribution < -0.4 is 5.32 Å². The molecule has 6 heteroatoms. The number of aromatic nitrogens is 2. The Morgan fingerprint density at radius 2 is 2.35 bits per heavy atom. The van der Waals surface area contributed by atoms with Crippen LogP contribution in [-0.4, -0.2) is 23.0 Å². The zero-order chi connectivity index (χ0) is 12.3. The summed E-state index contributed by atoms with van der Waals surface area (Å²) in [5.41, 5.74) is 1.49. The standard InChI is InChI=1S/C11H11N3O2S/c1-7-9(10(15)16-2)17-11(13-7)14-8-4-3-5-12-6-8/h3-6H,1-2H3,(H,13,14). The van der Waals surface area contributed by atoms with Gasteiger partial charge in [-0.25, -0.2) is 9.78 Å². The number of anilines is 2. The molecule has 0 unspecified atom stereocenters. The third-order valence-electron chi connectivity index (χ3n) is 2.08. The lowest BCUT2D eigenvalue weighted by molar-refractivity contribution is 0.0605. The highest BCUT2D eigenvalue weighted by Crippen LogP contribution is 2.25. The van der Waals surface area contributed by atoms with Crippen LogP contribution >= 0.6 is 11.3 Å². The molecule has 2 aromatic heterocycles. The van der Waals surface area contributed by atoms with Gasteiger partial charge >= 0.3 is 5.97 Å². The van der Waals surface area contributed by atoms with E-state index < -0.39 is 0 Å². The largest absolute Gasteiger partial charge is 0.465 e. The smallest absolute Gasteiger partial charge is 0.350 e. The van der Waals surface area contributed by atoms with Crippen molar-refractivity contribution in [2.45, 2.75) is 6.92 Å². The molecule has 0 saturated carbocycles. The fourth-order valence-electron chi connectivity index (χ4n) is 1.29.